The first-order valence-electron chi connectivity index (χ1n) is 10.8. The Morgan fingerprint density at radius 3 is 2.70 bits per heavy atom. The predicted molar refractivity (Wildman–Crippen MR) is 129 cm³/mol. The Hall–Kier alpha value is -3.07. The van der Waals surface area contributed by atoms with E-state index in [1.807, 2.05) is 0 Å². The van der Waals surface area contributed by atoms with Crippen LogP contribution in [0.1, 0.15) is 20.1 Å². The van der Waals surface area contributed by atoms with Crippen molar-refractivity contribution in [3.05, 3.63) is 35.6 Å². The van der Waals surface area contributed by atoms with Gasteiger partial charge in [-0.25, -0.2) is 13.9 Å². The van der Waals surface area contributed by atoms with Crippen molar-refractivity contribution in [3.8, 4) is 5.75 Å². The Morgan fingerprint density at radius 2 is 2.05 bits per heavy atom. The number of ether oxygens (including phenoxy) is 1. The lowest BCUT2D eigenvalue weighted by Gasteiger charge is -2.25. The van der Waals surface area contributed by atoms with Crippen molar-refractivity contribution in [2.45, 2.75) is 44.0 Å². The molecule has 0 radical (unpaired) electrons. The number of fused-ring (bicyclic) bond motifs is 1. The molecular weight excluding hydrogens is 536 g/mol. The molecule has 7 N–H and O–H groups in total. The number of aromatic nitrogens is 4. The molecule has 0 spiro atoms. The van der Waals surface area contributed by atoms with Gasteiger partial charge in [-0.15, -0.1) is 0 Å². The first kappa shape index (κ1) is 27.0. The fourth-order valence-corrected chi connectivity index (χ4v) is 5.30. The number of aliphatic carboxylic acids is 1. The number of hydrogen-bond acceptors (Lipinski definition) is 11. The minimum atomic E-state index is -4.38. The molecule has 14 nitrogen and oxygen atoms in total. The topological polar surface area (TPSA) is 210 Å². The van der Waals surface area contributed by atoms with E-state index >= 15 is 4.39 Å². The van der Waals surface area contributed by atoms with Crippen LogP contribution < -0.4 is 21.1 Å². The predicted octanol–water partition coefficient (Wildman–Crippen LogP) is 1.90. The Kier molecular flexibility index (Phi) is 7.29. The summed E-state index contributed by atoms with van der Waals surface area (Å²) in [5.41, 5.74) is 9.28. The normalized spacial score (nSPS) is 26.1. The first-order valence-corrected chi connectivity index (χ1v) is 12.7. The third-order valence-corrected chi connectivity index (χ3v) is 7.50. The molecule has 1 fully saturated rings. The molecule has 3 aromatic rings. The summed E-state index contributed by atoms with van der Waals surface area (Å²) in [5.74, 6) is -1.48. The molecule has 0 amide bonds. The number of aliphatic hydroxyl groups excluding tert-OH is 1. The number of carboxylic acid groups (broad SMARTS) is 1. The average Bonchev–Trinajstić information content (AvgIpc) is 3.32. The Labute approximate surface area is 214 Å². The summed E-state index contributed by atoms with van der Waals surface area (Å²) in [6.07, 6.45) is -3.39. The summed E-state index contributed by atoms with van der Waals surface area (Å²) < 4.78 is 46.9. The van der Waals surface area contributed by atoms with Crippen LogP contribution in [-0.2, 0) is 18.6 Å². The monoisotopic (exact) mass is 559 g/mol. The van der Waals surface area contributed by atoms with Crippen LogP contribution in [0.2, 0.25) is 5.02 Å². The molecule has 37 heavy (non-hydrogen) atoms. The number of nitrogens with zero attached hydrogens (tertiary/aromatic N) is 4. The molecule has 6 atom stereocenters. The zero-order chi connectivity index (χ0) is 27.1. The van der Waals surface area contributed by atoms with Crippen molar-refractivity contribution >= 4 is 48.2 Å². The third-order valence-electron chi connectivity index (χ3n) is 5.61. The number of imidazole rings is 1. The zero-order valence-electron chi connectivity index (χ0n) is 19.5. The fraction of sp³-hybridized carbons (Fsp3) is 0.400. The lowest BCUT2D eigenvalue weighted by Crippen LogP contribution is -2.41. The minimum absolute atomic E-state index is 0.0286. The highest BCUT2D eigenvalue weighted by Crippen LogP contribution is 2.48. The number of carboxylic acids is 1. The van der Waals surface area contributed by atoms with Crippen LogP contribution in [0, 0.1) is 0 Å². The molecular formula is C20H24ClFN7O7P. The van der Waals surface area contributed by atoms with Crippen molar-refractivity contribution in [3.63, 3.8) is 0 Å². The second kappa shape index (κ2) is 10.0. The largest absolute Gasteiger partial charge is 0.480 e. The number of rotatable bonds is 9. The van der Waals surface area contributed by atoms with Gasteiger partial charge in [0.15, 0.2) is 23.4 Å². The van der Waals surface area contributed by atoms with Gasteiger partial charge in [0.25, 0.3) is 0 Å². The molecule has 200 valence electrons. The number of alkyl halides is 1. The highest BCUT2D eigenvalue weighted by atomic mass is 35.5. The Bertz CT molecular complexity index is 1360. The van der Waals surface area contributed by atoms with E-state index in [9.17, 15) is 19.6 Å². The average molecular weight is 560 g/mol. The SMILES string of the molecule is CC(N[P@](=O)(OC[C@H]1O[C@@H](n2cnc3c(N)nc(N)nc32)[C@](C)(F)[C@@H]1O)Oc1ccc(Cl)cc1)C(=O)O. The lowest BCUT2D eigenvalue weighted by atomic mass is 9.98. The van der Waals surface area contributed by atoms with Crippen molar-refractivity contribution in [2.75, 3.05) is 18.1 Å². The smallest absolute Gasteiger partial charge is 0.459 e. The van der Waals surface area contributed by atoms with Gasteiger partial charge in [0.1, 0.15) is 29.5 Å². The van der Waals surface area contributed by atoms with Gasteiger partial charge in [0.2, 0.25) is 5.95 Å². The van der Waals surface area contributed by atoms with E-state index in [2.05, 4.69) is 20.0 Å². The molecule has 3 heterocycles. The summed E-state index contributed by atoms with van der Waals surface area (Å²) in [7, 11) is -4.38. The van der Waals surface area contributed by atoms with E-state index in [-0.39, 0.29) is 28.7 Å². The molecule has 0 saturated carbocycles. The maximum atomic E-state index is 15.7. The summed E-state index contributed by atoms with van der Waals surface area (Å²) in [4.78, 5) is 23.2. The molecule has 4 rings (SSSR count). The van der Waals surface area contributed by atoms with Gasteiger partial charge < -0.3 is 30.9 Å². The molecule has 0 aliphatic carbocycles. The Balaban J connectivity index is 1.57. The fourth-order valence-electron chi connectivity index (χ4n) is 3.67. The number of nitrogens with one attached hydrogen (secondary N) is 1. The van der Waals surface area contributed by atoms with E-state index < -0.39 is 50.5 Å². The highest BCUT2D eigenvalue weighted by Gasteiger charge is 2.56. The van der Waals surface area contributed by atoms with E-state index in [4.69, 9.17) is 36.9 Å². The van der Waals surface area contributed by atoms with Gasteiger partial charge in [-0.1, -0.05) is 11.6 Å². The van der Waals surface area contributed by atoms with Crippen LogP contribution in [0.25, 0.3) is 11.2 Å². The van der Waals surface area contributed by atoms with Crippen LogP contribution in [0.15, 0.2) is 30.6 Å². The van der Waals surface area contributed by atoms with Crippen molar-refractivity contribution in [2.24, 2.45) is 0 Å². The molecule has 1 aliphatic rings. The maximum Gasteiger partial charge on any atom is 0.459 e. The van der Waals surface area contributed by atoms with E-state index in [1.54, 1.807) is 0 Å². The standard InChI is InChI=1S/C20H24ClFN7O7P/c1-9(17(31)32)28-37(33,36-11-5-3-10(21)4-6-11)34-7-12-14(30)20(2,22)18(35-12)29-8-25-13-15(23)26-19(24)27-16(13)29/h3-6,8-9,12,14,18,30H,7H2,1-2H3,(H,28,33)(H,31,32)(H4,23,24,26,27)/t9?,12-,14-,18-,20-,37+/m1/s1. The second-order valence-corrected chi connectivity index (χ2v) is 10.6. The van der Waals surface area contributed by atoms with Gasteiger partial charge in [0, 0.05) is 5.02 Å². The van der Waals surface area contributed by atoms with Gasteiger partial charge in [0.05, 0.1) is 12.9 Å². The van der Waals surface area contributed by atoms with Crippen LogP contribution in [0.3, 0.4) is 0 Å². The van der Waals surface area contributed by atoms with Crippen LogP contribution >= 0.6 is 19.3 Å². The molecule has 2 aromatic heterocycles. The van der Waals surface area contributed by atoms with E-state index in [0.29, 0.717) is 5.02 Å². The quantitative estimate of drug-likeness (QED) is 0.237. The van der Waals surface area contributed by atoms with Crippen molar-refractivity contribution in [1.82, 2.24) is 24.6 Å². The van der Waals surface area contributed by atoms with Crippen molar-refractivity contribution < 1.29 is 37.7 Å². The van der Waals surface area contributed by atoms with E-state index in [1.165, 1.54) is 42.1 Å². The van der Waals surface area contributed by atoms with Crippen LogP contribution in [0.4, 0.5) is 16.2 Å². The third kappa shape index (κ3) is 5.46. The number of anilines is 2. The van der Waals surface area contributed by atoms with Crippen LogP contribution in [0.5, 0.6) is 5.75 Å². The molecule has 0 bridgehead atoms. The first-order chi connectivity index (χ1) is 17.3. The summed E-state index contributed by atoms with van der Waals surface area (Å²) in [6, 6.07) is 4.36. The lowest BCUT2D eigenvalue weighted by molar-refractivity contribution is -0.138. The molecule has 1 aliphatic heterocycles. The number of nitrogens with two attached hydrogens (primary N) is 2. The second-order valence-electron chi connectivity index (χ2n) is 8.44. The number of aliphatic hydroxyl groups is 1. The van der Waals surface area contributed by atoms with Crippen LogP contribution in [-0.4, -0.2) is 66.2 Å². The number of benzene rings is 1. The van der Waals surface area contributed by atoms with Gasteiger partial charge in [-0.3, -0.25) is 13.9 Å². The summed E-state index contributed by atoms with van der Waals surface area (Å²) in [5, 5.41) is 22.6. The van der Waals surface area contributed by atoms with Crippen molar-refractivity contribution in [1.29, 1.82) is 0 Å². The van der Waals surface area contributed by atoms with Gasteiger partial charge in [-0.05, 0) is 38.1 Å². The number of nitrogen functional groups attached to an aromatic ring is 2. The number of halogens is 2. The number of carbonyl (C=O) groups is 1. The molecule has 1 unspecified atom stereocenters. The molecule has 1 aromatic carbocycles. The zero-order valence-corrected chi connectivity index (χ0v) is 21.1. The number of hydrogen-bond donors (Lipinski definition) is 5. The minimum Gasteiger partial charge on any atom is -0.480 e. The maximum absolute atomic E-state index is 15.7. The molecule has 17 heteroatoms. The van der Waals surface area contributed by atoms with Gasteiger partial charge in [-0.2, -0.15) is 15.1 Å². The summed E-state index contributed by atoms with van der Waals surface area (Å²) >= 11 is 5.85. The highest BCUT2D eigenvalue weighted by molar-refractivity contribution is 7.52. The van der Waals surface area contributed by atoms with Gasteiger partial charge >= 0.3 is 13.7 Å². The Morgan fingerprint density at radius 1 is 1.38 bits per heavy atom. The van der Waals surface area contributed by atoms with E-state index in [0.717, 1.165) is 6.92 Å². The summed E-state index contributed by atoms with van der Waals surface area (Å²) in [6.45, 7) is 1.67. The molecule has 1 saturated heterocycles.